The quantitative estimate of drug-likeness (QED) is 0.141. The molecule has 0 aliphatic carbocycles. The topological polar surface area (TPSA) is 61.4 Å². The summed E-state index contributed by atoms with van der Waals surface area (Å²) in [6.07, 6.45) is 0.807. The van der Waals surface area contributed by atoms with Crippen molar-refractivity contribution in [3.8, 4) is 0 Å². The molecule has 0 unspecified atom stereocenters. The van der Waals surface area contributed by atoms with Crippen molar-refractivity contribution < 1.29 is 4.79 Å². The van der Waals surface area contributed by atoms with Gasteiger partial charge in [-0.05, 0) is 53.9 Å². The zero-order valence-electron chi connectivity index (χ0n) is 21.4. The van der Waals surface area contributed by atoms with E-state index in [0.29, 0.717) is 28.2 Å². The third kappa shape index (κ3) is 7.66. The maximum atomic E-state index is 12.5. The highest BCUT2D eigenvalue weighted by Crippen LogP contribution is 2.26. The fourth-order valence-electron chi connectivity index (χ4n) is 4.42. The van der Waals surface area contributed by atoms with Crippen LogP contribution in [0.2, 0.25) is 10.2 Å². The minimum Gasteiger partial charge on any atom is -0.368 e. The number of thioether (sulfide) groups is 1. The smallest absolute Gasteiger partial charge is 0.251 e. The van der Waals surface area contributed by atoms with E-state index in [0.717, 1.165) is 49.0 Å². The third-order valence-corrected chi connectivity index (χ3v) is 7.95. The van der Waals surface area contributed by atoms with E-state index in [1.54, 1.807) is 0 Å². The van der Waals surface area contributed by atoms with Crippen LogP contribution >= 0.6 is 35.0 Å². The number of hydrogen-bond donors (Lipinski definition) is 1. The summed E-state index contributed by atoms with van der Waals surface area (Å²) >= 11 is 13.9. The number of piperazine rings is 1. The zero-order chi connectivity index (χ0) is 27.0. The molecule has 1 aromatic heterocycles. The first kappa shape index (κ1) is 27.3. The molecule has 0 saturated carbocycles. The lowest BCUT2D eigenvalue weighted by atomic mass is 10.1. The molecule has 200 valence electrons. The minimum atomic E-state index is -0.0656. The number of hydrogen-bond acceptors (Lipinski definition) is 6. The van der Waals surface area contributed by atoms with Crippen molar-refractivity contribution in [2.45, 2.75) is 17.3 Å². The Morgan fingerprint density at radius 1 is 0.821 bits per heavy atom. The summed E-state index contributed by atoms with van der Waals surface area (Å²) in [5, 5.41) is 4.81. The Bertz CT molecular complexity index is 1380. The molecule has 9 heteroatoms. The Hall–Kier alpha value is -3.26. The minimum absolute atomic E-state index is 0.0656. The van der Waals surface area contributed by atoms with Crippen LogP contribution in [0.5, 0.6) is 0 Å². The number of nitrogens with one attached hydrogen (secondary N) is 1. The summed E-state index contributed by atoms with van der Waals surface area (Å²) < 4.78 is 0. The fraction of sp³-hybridized carbons (Fsp3) is 0.233. The van der Waals surface area contributed by atoms with Crippen LogP contribution in [-0.2, 0) is 12.2 Å². The average Bonchev–Trinajstić information content (AvgIpc) is 2.97. The molecule has 0 atom stereocenters. The van der Waals surface area contributed by atoms with Crippen LogP contribution in [0.15, 0.2) is 90.1 Å². The van der Waals surface area contributed by atoms with Crippen molar-refractivity contribution in [1.82, 2.24) is 15.3 Å². The standard InChI is InChI=1S/C30H29Cl2N5OS/c31-25-10-12-26(13-11-25)36-16-18-37(19-17-36)28-20-27(32)34-30(35-28)39-21-23-6-8-24(9-7-23)29(38)33-15-14-22-4-2-1-3-5-22/h1-13,20H,14-19,21H2,(H,33,38). The predicted octanol–water partition coefficient (Wildman–Crippen LogP) is 6.37. The molecule has 3 aromatic carbocycles. The van der Waals surface area contributed by atoms with Crippen LogP contribution in [0.1, 0.15) is 21.5 Å². The maximum absolute atomic E-state index is 12.5. The van der Waals surface area contributed by atoms with Gasteiger partial charge in [0.2, 0.25) is 0 Å². The van der Waals surface area contributed by atoms with Gasteiger partial charge in [-0.2, -0.15) is 0 Å². The number of carbonyl (C=O) groups excluding carboxylic acids is 1. The van der Waals surface area contributed by atoms with Gasteiger partial charge in [0.15, 0.2) is 5.16 Å². The lowest BCUT2D eigenvalue weighted by Crippen LogP contribution is -2.46. The summed E-state index contributed by atoms with van der Waals surface area (Å²) in [6, 6.07) is 27.6. The molecule has 1 N–H and O–H groups in total. The Morgan fingerprint density at radius 2 is 1.51 bits per heavy atom. The van der Waals surface area contributed by atoms with Gasteiger partial charge < -0.3 is 15.1 Å². The predicted molar refractivity (Wildman–Crippen MR) is 161 cm³/mol. The van der Waals surface area contributed by atoms with E-state index in [1.165, 1.54) is 23.0 Å². The van der Waals surface area contributed by atoms with Crippen LogP contribution in [0.3, 0.4) is 0 Å². The number of rotatable bonds is 9. The number of benzene rings is 3. The van der Waals surface area contributed by atoms with E-state index in [1.807, 2.05) is 60.7 Å². The summed E-state index contributed by atoms with van der Waals surface area (Å²) in [4.78, 5) is 26.3. The average molecular weight is 579 g/mol. The second-order valence-electron chi connectivity index (χ2n) is 9.26. The van der Waals surface area contributed by atoms with Gasteiger partial charge in [-0.25, -0.2) is 9.97 Å². The maximum Gasteiger partial charge on any atom is 0.251 e. The van der Waals surface area contributed by atoms with Gasteiger partial charge in [-0.1, -0.05) is 77.4 Å². The summed E-state index contributed by atoms with van der Waals surface area (Å²) in [5.41, 5.74) is 4.11. The molecule has 1 fully saturated rings. The molecule has 1 saturated heterocycles. The lowest BCUT2D eigenvalue weighted by Gasteiger charge is -2.36. The van der Waals surface area contributed by atoms with Crippen molar-refractivity contribution in [2.24, 2.45) is 0 Å². The number of anilines is 2. The van der Waals surface area contributed by atoms with Crippen molar-refractivity contribution in [3.63, 3.8) is 0 Å². The Kier molecular flexibility index (Phi) is 9.24. The van der Waals surface area contributed by atoms with Gasteiger partial charge >= 0.3 is 0 Å². The largest absolute Gasteiger partial charge is 0.368 e. The van der Waals surface area contributed by atoms with Crippen molar-refractivity contribution >= 4 is 52.4 Å². The SMILES string of the molecule is O=C(NCCc1ccccc1)c1ccc(CSc2nc(Cl)cc(N3CCN(c4ccc(Cl)cc4)CC3)n2)cc1. The van der Waals surface area contributed by atoms with Crippen molar-refractivity contribution in [2.75, 3.05) is 42.5 Å². The van der Waals surface area contributed by atoms with Gasteiger partial charge in [0, 0.05) is 60.8 Å². The van der Waals surface area contributed by atoms with E-state index in [2.05, 4.69) is 44.4 Å². The van der Waals surface area contributed by atoms with Crippen LogP contribution in [0.25, 0.3) is 0 Å². The third-order valence-electron chi connectivity index (χ3n) is 6.58. The molecule has 0 spiro atoms. The molecular formula is C30H29Cl2N5OS. The summed E-state index contributed by atoms with van der Waals surface area (Å²) in [5.74, 6) is 1.46. The Labute approximate surface area is 243 Å². The number of amides is 1. The van der Waals surface area contributed by atoms with Gasteiger partial charge in [0.1, 0.15) is 11.0 Å². The molecule has 1 amide bonds. The molecule has 6 nitrogen and oxygen atoms in total. The first-order chi connectivity index (χ1) is 19.0. The first-order valence-electron chi connectivity index (χ1n) is 12.9. The highest BCUT2D eigenvalue weighted by molar-refractivity contribution is 7.98. The summed E-state index contributed by atoms with van der Waals surface area (Å²) in [6.45, 7) is 4.06. The van der Waals surface area contributed by atoms with Crippen LogP contribution in [0.4, 0.5) is 11.5 Å². The number of aromatic nitrogens is 2. The summed E-state index contributed by atoms with van der Waals surface area (Å²) in [7, 11) is 0. The molecule has 5 rings (SSSR count). The van der Waals surface area contributed by atoms with E-state index in [-0.39, 0.29) is 5.91 Å². The van der Waals surface area contributed by atoms with Crippen molar-refractivity contribution in [1.29, 1.82) is 0 Å². The van der Waals surface area contributed by atoms with Crippen LogP contribution in [0, 0.1) is 0 Å². The second kappa shape index (κ2) is 13.2. The molecule has 2 heterocycles. The van der Waals surface area contributed by atoms with Gasteiger partial charge in [-0.15, -0.1) is 0 Å². The molecule has 0 bridgehead atoms. The van der Waals surface area contributed by atoms with Gasteiger partial charge in [0.25, 0.3) is 5.91 Å². The second-order valence-corrected chi connectivity index (χ2v) is 11.0. The highest BCUT2D eigenvalue weighted by Gasteiger charge is 2.20. The fourth-order valence-corrected chi connectivity index (χ4v) is 5.59. The number of halogens is 2. The molecule has 4 aromatic rings. The van der Waals surface area contributed by atoms with E-state index in [9.17, 15) is 4.79 Å². The number of carbonyl (C=O) groups is 1. The first-order valence-corrected chi connectivity index (χ1v) is 14.6. The van der Waals surface area contributed by atoms with Crippen molar-refractivity contribution in [3.05, 3.63) is 112 Å². The van der Waals surface area contributed by atoms with Crippen LogP contribution in [-0.4, -0.2) is 48.6 Å². The highest BCUT2D eigenvalue weighted by atomic mass is 35.5. The molecule has 39 heavy (non-hydrogen) atoms. The monoisotopic (exact) mass is 577 g/mol. The van der Waals surface area contributed by atoms with Gasteiger partial charge in [0.05, 0.1) is 0 Å². The molecule has 1 aliphatic heterocycles. The zero-order valence-corrected chi connectivity index (χ0v) is 23.7. The normalized spacial score (nSPS) is 13.4. The molecule has 1 aliphatic rings. The van der Waals surface area contributed by atoms with E-state index < -0.39 is 0 Å². The van der Waals surface area contributed by atoms with E-state index in [4.69, 9.17) is 28.2 Å². The van der Waals surface area contributed by atoms with Crippen LogP contribution < -0.4 is 15.1 Å². The number of nitrogens with zero attached hydrogens (tertiary/aromatic N) is 4. The Morgan fingerprint density at radius 3 is 2.23 bits per heavy atom. The van der Waals surface area contributed by atoms with Gasteiger partial charge in [-0.3, -0.25) is 4.79 Å². The molecule has 0 radical (unpaired) electrons. The molecular weight excluding hydrogens is 549 g/mol. The van der Waals surface area contributed by atoms with E-state index >= 15 is 0 Å². The lowest BCUT2D eigenvalue weighted by molar-refractivity contribution is 0.0954. The Balaban J connectivity index is 1.12.